The quantitative estimate of drug-likeness (QED) is 0.371. The van der Waals surface area contributed by atoms with E-state index in [1.54, 1.807) is 0 Å². The van der Waals surface area contributed by atoms with E-state index in [1.807, 2.05) is 42.5 Å². The number of hydrogen-bond donors (Lipinski definition) is 0. The van der Waals surface area contributed by atoms with E-state index >= 15 is 0 Å². The summed E-state index contributed by atoms with van der Waals surface area (Å²) in [5.41, 5.74) is 3.81. The van der Waals surface area contributed by atoms with E-state index in [2.05, 4.69) is 34.1 Å². The molecule has 21 heavy (non-hydrogen) atoms. The molecule has 0 bridgehead atoms. The highest BCUT2D eigenvalue weighted by molar-refractivity contribution is 9.10. The molecule has 0 aliphatic carbocycles. The van der Waals surface area contributed by atoms with Crippen molar-refractivity contribution in [1.82, 2.24) is 0 Å². The van der Waals surface area contributed by atoms with E-state index in [0.717, 1.165) is 42.6 Å². The fourth-order valence-corrected chi connectivity index (χ4v) is 3.65. The van der Waals surface area contributed by atoms with Crippen LogP contribution in [-0.4, -0.2) is 0 Å². The first-order valence-corrected chi connectivity index (χ1v) is 7.77. The zero-order valence-electron chi connectivity index (χ0n) is 10.9. The van der Waals surface area contributed by atoms with Crippen LogP contribution in [0.4, 0.5) is 0 Å². The van der Waals surface area contributed by atoms with Gasteiger partial charge in [0.05, 0.1) is 0 Å². The second-order valence-electron chi connectivity index (χ2n) is 4.91. The Kier molecular flexibility index (Phi) is 3.02. The van der Waals surface area contributed by atoms with Gasteiger partial charge in [-0.15, -0.1) is 0 Å². The molecular formula is C18H10BrClO. The largest absolute Gasteiger partial charge is 0.456 e. The molecule has 0 aliphatic rings. The molecule has 1 aromatic heterocycles. The standard InChI is InChI=1S/C18H10BrClO/c19-14-5-3-6-15(20)18(14)11-8-9-13-12-4-1-2-7-16(12)21-17(13)10-11/h1-10H. The molecule has 0 aliphatic heterocycles. The molecule has 0 unspecified atom stereocenters. The molecule has 102 valence electrons. The number of hydrogen-bond acceptors (Lipinski definition) is 1. The summed E-state index contributed by atoms with van der Waals surface area (Å²) < 4.78 is 6.91. The van der Waals surface area contributed by atoms with Gasteiger partial charge in [0.1, 0.15) is 11.2 Å². The molecule has 0 amide bonds. The zero-order chi connectivity index (χ0) is 14.4. The fraction of sp³-hybridized carbons (Fsp3) is 0. The van der Waals surface area contributed by atoms with E-state index in [4.69, 9.17) is 16.0 Å². The lowest BCUT2D eigenvalue weighted by molar-refractivity contribution is 0.669. The molecule has 0 fully saturated rings. The Morgan fingerprint density at radius 3 is 2.48 bits per heavy atom. The highest BCUT2D eigenvalue weighted by atomic mass is 79.9. The minimum atomic E-state index is 0.722. The molecule has 0 atom stereocenters. The Hall–Kier alpha value is -1.77. The summed E-state index contributed by atoms with van der Waals surface area (Å²) in [5, 5.41) is 2.98. The number of halogens is 2. The summed E-state index contributed by atoms with van der Waals surface area (Å²) >= 11 is 9.90. The third-order valence-corrected chi connectivity index (χ3v) is 4.61. The van der Waals surface area contributed by atoms with Crippen LogP contribution in [0, 0.1) is 0 Å². The molecule has 0 saturated carbocycles. The first kappa shape index (κ1) is 12.9. The number of fused-ring (bicyclic) bond motifs is 3. The summed E-state index contributed by atoms with van der Waals surface area (Å²) in [6.45, 7) is 0. The molecular weight excluding hydrogens is 348 g/mol. The predicted octanol–water partition coefficient (Wildman–Crippen LogP) is 6.67. The van der Waals surface area contributed by atoms with Crippen molar-refractivity contribution in [2.75, 3.05) is 0 Å². The average molecular weight is 358 g/mol. The molecule has 1 nitrogen and oxygen atoms in total. The number of furan rings is 1. The Morgan fingerprint density at radius 1 is 0.810 bits per heavy atom. The van der Waals surface area contributed by atoms with Crippen molar-refractivity contribution in [3.63, 3.8) is 0 Å². The molecule has 3 heteroatoms. The Morgan fingerprint density at radius 2 is 1.62 bits per heavy atom. The van der Waals surface area contributed by atoms with Gasteiger partial charge in [0.25, 0.3) is 0 Å². The highest BCUT2D eigenvalue weighted by Gasteiger charge is 2.11. The van der Waals surface area contributed by atoms with Crippen molar-refractivity contribution in [2.24, 2.45) is 0 Å². The van der Waals surface area contributed by atoms with E-state index in [-0.39, 0.29) is 0 Å². The van der Waals surface area contributed by atoms with Gasteiger partial charge < -0.3 is 4.42 Å². The Labute approximate surface area is 135 Å². The van der Waals surface area contributed by atoms with Crippen LogP contribution in [-0.2, 0) is 0 Å². The predicted molar refractivity (Wildman–Crippen MR) is 91.9 cm³/mol. The van der Waals surface area contributed by atoms with Crippen molar-refractivity contribution < 1.29 is 4.42 Å². The summed E-state index contributed by atoms with van der Waals surface area (Å²) in [6, 6.07) is 20.1. The zero-order valence-corrected chi connectivity index (χ0v) is 13.3. The maximum Gasteiger partial charge on any atom is 0.136 e. The smallest absolute Gasteiger partial charge is 0.136 e. The molecule has 4 rings (SSSR count). The van der Waals surface area contributed by atoms with Gasteiger partial charge >= 0.3 is 0 Å². The van der Waals surface area contributed by atoms with Gasteiger partial charge in [-0.1, -0.05) is 57.9 Å². The lowest BCUT2D eigenvalue weighted by Gasteiger charge is -2.07. The summed E-state index contributed by atoms with van der Waals surface area (Å²) in [7, 11) is 0. The molecule has 1 heterocycles. The number of para-hydroxylation sites is 1. The van der Waals surface area contributed by atoms with Gasteiger partial charge in [0.2, 0.25) is 0 Å². The van der Waals surface area contributed by atoms with Crippen molar-refractivity contribution in [1.29, 1.82) is 0 Å². The molecule has 4 aromatic rings. The van der Waals surface area contributed by atoms with Gasteiger partial charge in [-0.05, 0) is 35.9 Å². The van der Waals surface area contributed by atoms with Crippen molar-refractivity contribution in [3.8, 4) is 11.1 Å². The van der Waals surface area contributed by atoms with Gasteiger partial charge in [-0.2, -0.15) is 0 Å². The molecule has 3 aromatic carbocycles. The van der Waals surface area contributed by atoms with Crippen molar-refractivity contribution in [2.45, 2.75) is 0 Å². The van der Waals surface area contributed by atoms with Gasteiger partial charge in [-0.25, -0.2) is 0 Å². The Bertz CT molecular complexity index is 951. The molecule has 0 N–H and O–H groups in total. The normalized spacial score (nSPS) is 11.3. The number of rotatable bonds is 1. The first-order valence-electron chi connectivity index (χ1n) is 6.60. The summed E-state index contributed by atoms with van der Waals surface area (Å²) in [6.07, 6.45) is 0. The van der Waals surface area contributed by atoms with Crippen LogP contribution in [0.5, 0.6) is 0 Å². The molecule has 0 saturated heterocycles. The topological polar surface area (TPSA) is 13.1 Å². The molecule has 0 spiro atoms. The fourth-order valence-electron chi connectivity index (χ4n) is 2.66. The lowest BCUT2D eigenvalue weighted by atomic mass is 10.0. The second kappa shape index (κ2) is 4.90. The van der Waals surface area contributed by atoms with E-state index in [1.165, 1.54) is 0 Å². The van der Waals surface area contributed by atoms with Crippen LogP contribution in [0.25, 0.3) is 33.1 Å². The highest BCUT2D eigenvalue weighted by Crippen LogP contribution is 2.38. The SMILES string of the molecule is Clc1cccc(Br)c1-c1ccc2c(c1)oc1ccccc12. The monoisotopic (exact) mass is 356 g/mol. The van der Waals surface area contributed by atoms with Gasteiger partial charge in [0, 0.05) is 25.8 Å². The van der Waals surface area contributed by atoms with Crippen LogP contribution in [0.15, 0.2) is 69.6 Å². The van der Waals surface area contributed by atoms with E-state index in [0.29, 0.717) is 0 Å². The minimum absolute atomic E-state index is 0.722. The molecule has 0 radical (unpaired) electrons. The van der Waals surface area contributed by atoms with Gasteiger partial charge in [0.15, 0.2) is 0 Å². The lowest BCUT2D eigenvalue weighted by Crippen LogP contribution is -1.81. The minimum Gasteiger partial charge on any atom is -0.456 e. The second-order valence-corrected chi connectivity index (χ2v) is 6.17. The third kappa shape index (κ3) is 2.06. The summed E-state index contributed by atoms with van der Waals surface area (Å²) in [4.78, 5) is 0. The maximum atomic E-state index is 6.33. The Balaban J connectivity index is 2.01. The van der Waals surface area contributed by atoms with Crippen LogP contribution in [0.1, 0.15) is 0 Å². The van der Waals surface area contributed by atoms with Crippen LogP contribution in [0.3, 0.4) is 0 Å². The van der Waals surface area contributed by atoms with E-state index < -0.39 is 0 Å². The van der Waals surface area contributed by atoms with E-state index in [9.17, 15) is 0 Å². The van der Waals surface area contributed by atoms with Crippen molar-refractivity contribution >= 4 is 49.5 Å². The van der Waals surface area contributed by atoms with Gasteiger partial charge in [-0.3, -0.25) is 0 Å². The number of benzene rings is 3. The first-order chi connectivity index (χ1) is 10.2. The van der Waals surface area contributed by atoms with Crippen molar-refractivity contribution in [3.05, 3.63) is 70.2 Å². The summed E-state index contributed by atoms with van der Waals surface area (Å²) in [5.74, 6) is 0. The third-order valence-electron chi connectivity index (χ3n) is 3.63. The average Bonchev–Trinajstić information content (AvgIpc) is 2.85. The van der Waals surface area contributed by atoms with Crippen LogP contribution in [0.2, 0.25) is 5.02 Å². The van der Waals surface area contributed by atoms with Crippen LogP contribution >= 0.6 is 27.5 Å². The maximum absolute atomic E-state index is 6.33. The van der Waals surface area contributed by atoms with Crippen LogP contribution < -0.4 is 0 Å².